The van der Waals surface area contributed by atoms with E-state index in [0.29, 0.717) is 28.6 Å². The number of carbonyl (C=O) groups excluding carboxylic acids is 1. The topological polar surface area (TPSA) is 59.6 Å². The Bertz CT molecular complexity index is 1010. The maximum atomic E-state index is 12.5. The van der Waals surface area contributed by atoms with Gasteiger partial charge < -0.3 is 20.1 Å². The van der Waals surface area contributed by atoms with Crippen molar-refractivity contribution in [3.63, 3.8) is 0 Å². The number of hydrogen-bond acceptors (Lipinski definition) is 4. The minimum Gasteiger partial charge on any atom is -0.494 e. The van der Waals surface area contributed by atoms with Crippen LogP contribution < -0.4 is 20.1 Å². The van der Waals surface area contributed by atoms with E-state index in [9.17, 15) is 4.79 Å². The number of carbonyl (C=O) groups is 1. The average Bonchev–Trinajstić information content (AvgIpc) is 2.71. The standard InChI is InChI=1S/C22H19ClN2O3S/c1-2-27-17-12-10-16(11-13-17)24-22(29)28-18-7-5-6-15(14-18)21(26)25-20-9-4-3-8-19(20)23/h3-14H,2H2,1H3,(H,24,29)(H,25,26). The van der Waals surface area contributed by atoms with Crippen LogP contribution in [0.1, 0.15) is 17.3 Å². The first kappa shape index (κ1) is 20.6. The Kier molecular flexibility index (Phi) is 7.05. The van der Waals surface area contributed by atoms with Crippen molar-refractivity contribution in [2.24, 2.45) is 0 Å². The SMILES string of the molecule is CCOc1ccc(NC(=S)Oc2cccc(C(=O)Nc3ccccc3Cl)c2)cc1. The van der Waals surface area contributed by atoms with E-state index in [1.807, 2.05) is 31.2 Å². The van der Waals surface area contributed by atoms with Gasteiger partial charge in [0.1, 0.15) is 11.5 Å². The molecule has 0 aliphatic heterocycles. The second-order valence-electron chi connectivity index (χ2n) is 5.93. The van der Waals surface area contributed by atoms with Crippen molar-refractivity contribution >= 4 is 46.3 Å². The van der Waals surface area contributed by atoms with Crippen molar-refractivity contribution in [1.82, 2.24) is 0 Å². The summed E-state index contributed by atoms with van der Waals surface area (Å²) in [6, 6.07) is 21.1. The summed E-state index contributed by atoms with van der Waals surface area (Å²) >= 11 is 11.3. The zero-order valence-electron chi connectivity index (χ0n) is 15.6. The van der Waals surface area contributed by atoms with Crippen LogP contribution in [0.4, 0.5) is 11.4 Å². The summed E-state index contributed by atoms with van der Waals surface area (Å²) < 4.78 is 11.1. The highest BCUT2D eigenvalue weighted by molar-refractivity contribution is 7.80. The molecule has 0 aliphatic rings. The van der Waals surface area contributed by atoms with Gasteiger partial charge in [0.15, 0.2) is 0 Å². The van der Waals surface area contributed by atoms with Crippen LogP contribution in [0.15, 0.2) is 72.8 Å². The van der Waals surface area contributed by atoms with Gasteiger partial charge in [0.2, 0.25) is 0 Å². The number of para-hydroxylation sites is 1. The van der Waals surface area contributed by atoms with Gasteiger partial charge >= 0.3 is 0 Å². The number of amides is 1. The molecule has 0 atom stereocenters. The van der Waals surface area contributed by atoms with Gasteiger partial charge in [-0.25, -0.2) is 0 Å². The molecule has 3 aromatic rings. The molecule has 3 aromatic carbocycles. The van der Waals surface area contributed by atoms with E-state index in [4.69, 9.17) is 33.3 Å². The highest BCUT2D eigenvalue weighted by atomic mass is 35.5. The normalized spacial score (nSPS) is 10.1. The Hall–Kier alpha value is -3.09. The van der Waals surface area contributed by atoms with Crippen molar-refractivity contribution in [3.05, 3.63) is 83.4 Å². The Morgan fingerprint density at radius 3 is 2.45 bits per heavy atom. The maximum Gasteiger partial charge on any atom is 0.266 e. The van der Waals surface area contributed by atoms with Gasteiger partial charge in [0.05, 0.1) is 17.3 Å². The molecule has 0 saturated heterocycles. The predicted octanol–water partition coefficient (Wildman–Crippen LogP) is 5.77. The number of halogens is 1. The molecular formula is C22H19ClN2O3S. The van der Waals surface area contributed by atoms with Crippen LogP contribution in [-0.2, 0) is 0 Å². The number of nitrogens with one attached hydrogen (secondary N) is 2. The number of anilines is 2. The molecule has 0 saturated carbocycles. The van der Waals surface area contributed by atoms with Crippen molar-refractivity contribution in [1.29, 1.82) is 0 Å². The molecule has 5 nitrogen and oxygen atoms in total. The van der Waals surface area contributed by atoms with Crippen LogP contribution in [0, 0.1) is 0 Å². The Morgan fingerprint density at radius 1 is 0.966 bits per heavy atom. The fourth-order valence-corrected chi connectivity index (χ4v) is 2.91. The first-order valence-corrected chi connectivity index (χ1v) is 9.71. The van der Waals surface area contributed by atoms with Gasteiger partial charge in [-0.2, -0.15) is 0 Å². The maximum absolute atomic E-state index is 12.5. The van der Waals surface area contributed by atoms with Crippen LogP contribution in [0.25, 0.3) is 0 Å². The van der Waals surface area contributed by atoms with Crippen LogP contribution >= 0.6 is 23.8 Å². The van der Waals surface area contributed by atoms with E-state index in [0.717, 1.165) is 11.4 Å². The van der Waals surface area contributed by atoms with Gasteiger partial charge in [-0.3, -0.25) is 4.79 Å². The second-order valence-corrected chi connectivity index (χ2v) is 6.71. The largest absolute Gasteiger partial charge is 0.494 e. The zero-order valence-corrected chi connectivity index (χ0v) is 17.2. The Morgan fingerprint density at radius 2 is 1.72 bits per heavy atom. The minimum absolute atomic E-state index is 0.165. The lowest BCUT2D eigenvalue weighted by molar-refractivity contribution is 0.102. The van der Waals surface area contributed by atoms with E-state index in [-0.39, 0.29) is 11.1 Å². The molecule has 0 aromatic heterocycles. The Labute approximate surface area is 179 Å². The summed E-state index contributed by atoms with van der Waals surface area (Å²) in [6.45, 7) is 2.53. The number of hydrogen-bond donors (Lipinski definition) is 2. The van der Waals surface area contributed by atoms with Crippen LogP contribution in [0.2, 0.25) is 5.02 Å². The molecule has 0 aliphatic carbocycles. The minimum atomic E-state index is -0.297. The summed E-state index contributed by atoms with van der Waals surface area (Å²) in [5, 5.41) is 6.40. The predicted molar refractivity (Wildman–Crippen MR) is 120 cm³/mol. The lowest BCUT2D eigenvalue weighted by atomic mass is 10.2. The smallest absolute Gasteiger partial charge is 0.266 e. The van der Waals surface area contributed by atoms with Gasteiger partial charge in [0, 0.05) is 11.3 Å². The summed E-state index contributed by atoms with van der Waals surface area (Å²) in [6.07, 6.45) is 0. The molecule has 0 heterocycles. The molecule has 7 heteroatoms. The van der Waals surface area contributed by atoms with Crippen molar-refractivity contribution < 1.29 is 14.3 Å². The van der Waals surface area contributed by atoms with Gasteiger partial charge in [-0.15, -0.1) is 0 Å². The van der Waals surface area contributed by atoms with Crippen LogP contribution in [0.5, 0.6) is 11.5 Å². The molecule has 29 heavy (non-hydrogen) atoms. The lowest BCUT2D eigenvalue weighted by Crippen LogP contribution is -2.17. The number of rotatable bonds is 6. The van der Waals surface area contributed by atoms with Crippen LogP contribution in [-0.4, -0.2) is 17.7 Å². The van der Waals surface area contributed by atoms with E-state index in [1.165, 1.54) is 0 Å². The first-order chi connectivity index (χ1) is 14.0. The molecule has 0 spiro atoms. The fraction of sp³-hybridized carbons (Fsp3) is 0.0909. The molecule has 2 N–H and O–H groups in total. The zero-order chi connectivity index (χ0) is 20.6. The third kappa shape index (κ3) is 5.94. The average molecular weight is 427 g/mol. The van der Waals surface area contributed by atoms with Gasteiger partial charge in [-0.05, 0) is 73.7 Å². The molecular weight excluding hydrogens is 408 g/mol. The van der Waals surface area contributed by atoms with Crippen molar-refractivity contribution in [3.8, 4) is 11.5 Å². The fourth-order valence-electron chi connectivity index (χ4n) is 2.51. The van der Waals surface area contributed by atoms with Crippen LogP contribution in [0.3, 0.4) is 0 Å². The molecule has 1 amide bonds. The number of ether oxygens (including phenoxy) is 2. The molecule has 0 radical (unpaired) electrons. The Balaban J connectivity index is 1.62. The highest BCUT2D eigenvalue weighted by Gasteiger charge is 2.10. The summed E-state index contributed by atoms with van der Waals surface area (Å²) in [5.41, 5.74) is 1.73. The third-order valence-corrected chi connectivity index (χ3v) is 4.36. The molecule has 0 fully saturated rings. The monoisotopic (exact) mass is 426 g/mol. The van der Waals surface area contributed by atoms with Gasteiger partial charge in [0.25, 0.3) is 11.1 Å². The summed E-state index contributed by atoms with van der Waals surface area (Å²) in [4.78, 5) is 12.5. The van der Waals surface area contributed by atoms with Gasteiger partial charge in [-0.1, -0.05) is 29.8 Å². The van der Waals surface area contributed by atoms with Crippen molar-refractivity contribution in [2.75, 3.05) is 17.2 Å². The van der Waals surface area contributed by atoms with E-state index in [2.05, 4.69) is 10.6 Å². The molecule has 3 rings (SSSR count). The molecule has 148 valence electrons. The molecule has 0 bridgehead atoms. The summed E-state index contributed by atoms with van der Waals surface area (Å²) in [7, 11) is 0. The number of thiocarbonyl (C=S) groups is 1. The van der Waals surface area contributed by atoms with E-state index < -0.39 is 0 Å². The second kappa shape index (κ2) is 9.91. The lowest BCUT2D eigenvalue weighted by Gasteiger charge is -2.11. The van der Waals surface area contributed by atoms with E-state index in [1.54, 1.807) is 48.5 Å². The summed E-state index contributed by atoms with van der Waals surface area (Å²) in [5.74, 6) is 0.927. The van der Waals surface area contributed by atoms with Crippen molar-refractivity contribution in [2.45, 2.75) is 6.92 Å². The van der Waals surface area contributed by atoms with E-state index >= 15 is 0 Å². The highest BCUT2D eigenvalue weighted by Crippen LogP contribution is 2.22. The third-order valence-electron chi connectivity index (χ3n) is 3.84. The quantitative estimate of drug-likeness (QED) is 0.490. The number of benzene rings is 3. The molecule has 0 unspecified atom stereocenters. The first-order valence-electron chi connectivity index (χ1n) is 8.93.